The van der Waals surface area contributed by atoms with Gasteiger partial charge in [0.25, 0.3) is 10.0 Å². The third-order valence-electron chi connectivity index (χ3n) is 4.02. The van der Waals surface area contributed by atoms with Crippen LogP contribution >= 0.6 is 33.7 Å². The molecule has 0 bridgehead atoms. The molecule has 0 heterocycles. The highest BCUT2D eigenvalue weighted by atomic mass is 35.5. The molecule has 1 atom stereocenters. The fraction of sp³-hybridized carbons (Fsp3) is 0.150. The Labute approximate surface area is 197 Å². The summed E-state index contributed by atoms with van der Waals surface area (Å²) in [5, 5.41) is 4.26. The summed E-state index contributed by atoms with van der Waals surface area (Å²) in [6, 6.07) is 6.99. The van der Waals surface area contributed by atoms with Crippen molar-refractivity contribution in [3.63, 3.8) is 0 Å². The second kappa shape index (κ2) is 10.7. The highest BCUT2D eigenvalue weighted by molar-refractivity contribution is 8.15. The minimum atomic E-state index is -4.81. The van der Waals surface area contributed by atoms with Crippen LogP contribution in [-0.2, 0) is 16.2 Å². The van der Waals surface area contributed by atoms with Crippen LogP contribution in [0.2, 0.25) is 10.0 Å². The fourth-order valence-corrected chi connectivity index (χ4v) is 5.79. The average Bonchev–Trinajstić information content (AvgIpc) is 2.70. The van der Waals surface area contributed by atoms with Gasteiger partial charge in [-0.1, -0.05) is 35.1 Å². The van der Waals surface area contributed by atoms with Gasteiger partial charge >= 0.3 is 6.18 Å². The van der Waals surface area contributed by atoms with Crippen LogP contribution < -0.4 is 15.8 Å². The predicted octanol–water partition coefficient (Wildman–Crippen LogP) is 5.80. The number of anilines is 1. The molecule has 1 unspecified atom stereocenters. The van der Waals surface area contributed by atoms with E-state index >= 15 is 0 Å². The van der Waals surface area contributed by atoms with Gasteiger partial charge in [-0.05, 0) is 49.5 Å². The Hall–Kier alpha value is -2.14. The summed E-state index contributed by atoms with van der Waals surface area (Å²) in [6.45, 7) is 5.31. The van der Waals surface area contributed by atoms with Crippen molar-refractivity contribution in [3.8, 4) is 0 Å². The molecule has 0 radical (unpaired) electrons. The summed E-state index contributed by atoms with van der Waals surface area (Å²) in [4.78, 5) is -0.0180. The van der Waals surface area contributed by atoms with Crippen molar-refractivity contribution in [3.05, 3.63) is 76.7 Å². The van der Waals surface area contributed by atoms with Crippen LogP contribution in [0.3, 0.4) is 0 Å². The second-order valence-corrected chi connectivity index (χ2v) is 10.9. The van der Waals surface area contributed by atoms with Gasteiger partial charge in [-0.15, -0.1) is 0 Å². The monoisotopic (exact) mass is 525 g/mol. The number of hydrogen-bond acceptors (Lipinski definition) is 4. The maximum absolute atomic E-state index is 13.2. The highest BCUT2D eigenvalue weighted by Gasteiger charge is 2.34. The summed E-state index contributed by atoms with van der Waals surface area (Å²) in [5.41, 5.74) is 5.37. The van der Waals surface area contributed by atoms with E-state index in [0.29, 0.717) is 22.4 Å². The van der Waals surface area contributed by atoms with Crippen LogP contribution in [0, 0.1) is 0 Å². The van der Waals surface area contributed by atoms with Crippen LogP contribution in [-0.4, -0.2) is 19.5 Å². The lowest BCUT2D eigenvalue weighted by Crippen LogP contribution is -2.16. The van der Waals surface area contributed by atoms with Crippen LogP contribution in [0.25, 0.3) is 0 Å². The van der Waals surface area contributed by atoms with Crippen molar-refractivity contribution in [1.82, 2.24) is 5.32 Å². The first-order valence-electron chi connectivity index (χ1n) is 8.88. The topological polar surface area (TPSA) is 84.2 Å². The smallest absolute Gasteiger partial charge is 0.400 e. The molecule has 0 aromatic heterocycles. The van der Waals surface area contributed by atoms with Crippen molar-refractivity contribution in [2.24, 2.45) is 5.73 Å². The standard InChI is InChI=1S/C20H20Cl2F3N3O2S2/c1-3-27-11-14(26)12-31(4-2)19-8-5-13(21)9-18(19)28-32(29,30)15-6-7-17(22)16(10-15)20(23,24)25/h3-11,27-28H,1,12,26H2,2H3/b14-11-. The van der Waals surface area contributed by atoms with Gasteiger partial charge in [0, 0.05) is 27.6 Å². The third-order valence-corrected chi connectivity index (χ3v) is 8.08. The molecule has 0 aliphatic carbocycles. The summed E-state index contributed by atoms with van der Waals surface area (Å²) < 4.78 is 67.7. The summed E-state index contributed by atoms with van der Waals surface area (Å²) in [5.74, 6) is 0.368. The van der Waals surface area contributed by atoms with E-state index in [-0.39, 0.29) is 10.7 Å². The average molecular weight is 526 g/mol. The normalized spacial score (nSPS) is 13.6. The van der Waals surface area contributed by atoms with Gasteiger partial charge in [0.2, 0.25) is 0 Å². The Morgan fingerprint density at radius 2 is 1.91 bits per heavy atom. The quantitative estimate of drug-likeness (QED) is 0.380. The molecule has 12 heteroatoms. The van der Waals surface area contributed by atoms with Crippen molar-refractivity contribution in [1.29, 1.82) is 0 Å². The molecule has 0 aliphatic heterocycles. The first-order chi connectivity index (χ1) is 14.9. The Balaban J connectivity index is 2.49. The van der Waals surface area contributed by atoms with Crippen molar-refractivity contribution < 1.29 is 21.6 Å². The number of halogens is 5. The molecule has 2 rings (SSSR count). The molecule has 0 aliphatic rings. The number of rotatable bonds is 8. The molecule has 0 saturated heterocycles. The van der Waals surface area contributed by atoms with Crippen LogP contribution in [0.15, 0.2) is 70.9 Å². The molecule has 4 N–H and O–H groups in total. The Morgan fingerprint density at radius 1 is 1.22 bits per heavy atom. The molecule has 0 fully saturated rings. The molecule has 0 spiro atoms. The number of benzene rings is 2. The van der Waals surface area contributed by atoms with Gasteiger partial charge in [0.1, 0.15) is 0 Å². The van der Waals surface area contributed by atoms with E-state index in [2.05, 4.69) is 16.6 Å². The lowest BCUT2D eigenvalue weighted by atomic mass is 10.2. The molecule has 32 heavy (non-hydrogen) atoms. The van der Waals surface area contributed by atoms with Crippen molar-refractivity contribution in [2.75, 3.05) is 10.5 Å². The third kappa shape index (κ3) is 6.68. The molecule has 2 aromatic rings. The molecular formula is C20H20Cl2F3N3O2S2. The largest absolute Gasteiger partial charge is 0.417 e. The number of sulfonamides is 1. The Kier molecular flexibility index (Phi) is 8.69. The number of hydrogen-bond donors (Lipinski definition) is 3. The van der Waals surface area contributed by atoms with Gasteiger partial charge < -0.3 is 11.1 Å². The summed E-state index contributed by atoms with van der Waals surface area (Å²) in [7, 11) is -5.03. The zero-order valence-electron chi connectivity index (χ0n) is 16.7. The van der Waals surface area contributed by atoms with E-state index in [1.165, 1.54) is 12.3 Å². The molecule has 2 aromatic carbocycles. The zero-order chi connectivity index (χ0) is 24.1. The van der Waals surface area contributed by atoms with Gasteiger partial charge in [-0.25, -0.2) is 8.42 Å². The first kappa shape index (κ1) is 26.1. The van der Waals surface area contributed by atoms with Crippen molar-refractivity contribution in [2.45, 2.75) is 22.9 Å². The number of alkyl halides is 3. The number of nitrogens with two attached hydrogens (primary N) is 1. The van der Waals surface area contributed by atoms with Gasteiger partial charge in [-0.2, -0.15) is 23.7 Å². The maximum Gasteiger partial charge on any atom is 0.417 e. The number of nitrogens with one attached hydrogen (secondary N) is 2. The van der Waals surface area contributed by atoms with Crippen LogP contribution in [0.1, 0.15) is 12.5 Å². The van der Waals surface area contributed by atoms with Crippen LogP contribution in [0.5, 0.6) is 0 Å². The zero-order valence-corrected chi connectivity index (χ0v) is 19.9. The molecular weight excluding hydrogens is 506 g/mol. The summed E-state index contributed by atoms with van der Waals surface area (Å²) >= 11 is 11.7. The first-order valence-corrected chi connectivity index (χ1v) is 12.6. The molecule has 174 valence electrons. The Bertz CT molecular complexity index is 1180. The minimum absolute atomic E-state index is 0.131. The van der Waals surface area contributed by atoms with Gasteiger partial charge in [0.15, 0.2) is 0 Å². The van der Waals surface area contributed by atoms with Crippen LogP contribution in [0.4, 0.5) is 18.9 Å². The summed E-state index contributed by atoms with van der Waals surface area (Å²) in [6.07, 6.45) is -1.80. The predicted molar refractivity (Wildman–Crippen MR) is 127 cm³/mol. The lowest BCUT2D eigenvalue weighted by Gasteiger charge is -2.17. The van der Waals surface area contributed by atoms with Gasteiger partial charge in [-0.3, -0.25) is 4.72 Å². The molecule has 5 nitrogen and oxygen atoms in total. The van der Waals surface area contributed by atoms with E-state index in [1.807, 2.05) is 5.37 Å². The minimum Gasteiger partial charge on any atom is -0.400 e. The van der Waals surface area contributed by atoms with Gasteiger partial charge in [0.05, 0.1) is 21.2 Å². The lowest BCUT2D eigenvalue weighted by molar-refractivity contribution is -0.137. The molecule has 0 amide bonds. The Morgan fingerprint density at radius 3 is 2.50 bits per heavy atom. The van der Waals surface area contributed by atoms with E-state index in [0.717, 1.165) is 12.1 Å². The van der Waals surface area contributed by atoms with E-state index in [1.54, 1.807) is 25.3 Å². The van der Waals surface area contributed by atoms with E-state index in [4.69, 9.17) is 28.9 Å². The van der Waals surface area contributed by atoms with E-state index in [9.17, 15) is 21.6 Å². The second-order valence-electron chi connectivity index (χ2n) is 6.28. The maximum atomic E-state index is 13.2. The highest BCUT2D eigenvalue weighted by Crippen LogP contribution is 2.38. The molecule has 0 saturated carbocycles. The van der Waals surface area contributed by atoms with Crippen molar-refractivity contribution >= 4 is 54.8 Å². The fourth-order valence-electron chi connectivity index (χ4n) is 2.58. The van der Waals surface area contributed by atoms with E-state index < -0.39 is 42.2 Å². The SMILES string of the molecule is C=CN/C=C(\N)C/S(=C/C)c1ccc(Cl)cc1NS(=O)(=O)c1ccc(Cl)c(C(F)(F)F)c1.